The van der Waals surface area contributed by atoms with Crippen molar-refractivity contribution in [1.29, 1.82) is 0 Å². The monoisotopic (exact) mass is 327 g/mol. The molecule has 1 fully saturated rings. The largest absolute Gasteiger partial charge is 0.484 e. The molecule has 0 radical (unpaired) electrons. The smallest absolute Gasteiger partial charge is 0.322 e. The van der Waals surface area contributed by atoms with Crippen LogP contribution < -0.4 is 10.1 Å². The van der Waals surface area contributed by atoms with Gasteiger partial charge in [-0.15, -0.1) is 23.5 Å². The average molecular weight is 327 g/mol. The van der Waals surface area contributed by atoms with E-state index in [4.69, 9.17) is 9.84 Å². The van der Waals surface area contributed by atoms with Crippen LogP contribution in [0, 0.1) is 0 Å². The molecule has 0 aliphatic carbocycles. The highest BCUT2D eigenvalue weighted by atomic mass is 32.2. The number of benzene rings is 1. The fraction of sp³-hybridized carbons (Fsp3) is 0.429. The molecule has 0 bridgehead atoms. The molecule has 2 N–H and O–H groups in total. The van der Waals surface area contributed by atoms with Gasteiger partial charge in [-0.05, 0) is 35.6 Å². The number of carbonyl (C=O) groups excluding carboxylic acids is 1. The minimum absolute atomic E-state index is 0.181. The van der Waals surface area contributed by atoms with Gasteiger partial charge in [0.25, 0.3) is 5.91 Å². The Morgan fingerprint density at radius 2 is 1.90 bits per heavy atom. The van der Waals surface area contributed by atoms with Gasteiger partial charge in [0.05, 0.1) is 4.58 Å². The molecule has 1 saturated heterocycles. The van der Waals surface area contributed by atoms with Crippen molar-refractivity contribution < 1.29 is 19.4 Å². The van der Waals surface area contributed by atoms with Crippen LogP contribution in [0.4, 0.5) is 0 Å². The van der Waals surface area contributed by atoms with Crippen LogP contribution in [0.1, 0.15) is 16.6 Å². The molecule has 5 nitrogen and oxygen atoms in total. The molecule has 21 heavy (non-hydrogen) atoms. The van der Waals surface area contributed by atoms with Crippen molar-refractivity contribution in [2.75, 3.05) is 24.7 Å². The number of aliphatic carboxylic acids is 1. The first-order valence-corrected chi connectivity index (χ1v) is 8.69. The summed E-state index contributed by atoms with van der Waals surface area (Å²) in [6, 6.07) is 7.71. The summed E-state index contributed by atoms with van der Waals surface area (Å²) in [5.74, 6) is 1.48. The Morgan fingerprint density at radius 3 is 2.52 bits per heavy atom. The van der Waals surface area contributed by atoms with Crippen molar-refractivity contribution in [3.8, 4) is 5.75 Å². The second-order valence-electron chi connectivity index (χ2n) is 4.46. The molecule has 0 atom stereocenters. The summed E-state index contributed by atoms with van der Waals surface area (Å²) in [6.07, 6.45) is 1.26. The second kappa shape index (κ2) is 8.19. The standard InChI is InChI=1S/C14H17NO4S2/c16-12(15-8-13(17)18)9-19-11-4-2-10(3-5-11)14-20-6-1-7-21-14/h2-5,14H,1,6-9H2,(H,15,16)(H,17,18). The van der Waals surface area contributed by atoms with E-state index in [1.54, 1.807) is 0 Å². The van der Waals surface area contributed by atoms with Crippen molar-refractivity contribution in [3.05, 3.63) is 29.8 Å². The zero-order chi connectivity index (χ0) is 15.1. The Balaban J connectivity index is 1.79. The minimum atomic E-state index is -1.07. The summed E-state index contributed by atoms with van der Waals surface area (Å²) < 4.78 is 5.80. The Kier molecular flexibility index (Phi) is 6.25. The molecule has 1 heterocycles. The zero-order valence-corrected chi connectivity index (χ0v) is 13.0. The van der Waals surface area contributed by atoms with Crippen molar-refractivity contribution in [2.45, 2.75) is 11.0 Å². The van der Waals surface area contributed by atoms with Crippen LogP contribution in [0.15, 0.2) is 24.3 Å². The third kappa shape index (κ3) is 5.51. The fourth-order valence-electron chi connectivity index (χ4n) is 1.78. The number of nitrogens with one attached hydrogen (secondary N) is 1. The lowest BCUT2D eigenvalue weighted by Gasteiger charge is -2.21. The van der Waals surface area contributed by atoms with E-state index in [1.165, 1.54) is 23.5 Å². The van der Waals surface area contributed by atoms with Crippen LogP contribution in [0.3, 0.4) is 0 Å². The van der Waals surface area contributed by atoms with Gasteiger partial charge in [-0.2, -0.15) is 0 Å². The van der Waals surface area contributed by atoms with Crippen molar-refractivity contribution in [3.63, 3.8) is 0 Å². The molecular weight excluding hydrogens is 310 g/mol. The van der Waals surface area contributed by atoms with E-state index in [0.29, 0.717) is 10.3 Å². The number of carbonyl (C=O) groups is 2. The molecule has 2 rings (SSSR count). The fourth-order valence-corrected chi connectivity index (χ4v) is 4.67. The van der Waals surface area contributed by atoms with Crippen LogP contribution in [0.2, 0.25) is 0 Å². The summed E-state index contributed by atoms with van der Waals surface area (Å²) in [5.41, 5.74) is 1.26. The van der Waals surface area contributed by atoms with E-state index < -0.39 is 18.4 Å². The van der Waals surface area contributed by atoms with Gasteiger partial charge in [0.2, 0.25) is 0 Å². The molecule has 0 spiro atoms. The quantitative estimate of drug-likeness (QED) is 0.834. The molecule has 0 saturated carbocycles. The van der Waals surface area contributed by atoms with Crippen LogP contribution in [-0.2, 0) is 9.59 Å². The van der Waals surface area contributed by atoms with Crippen LogP contribution in [0.25, 0.3) is 0 Å². The van der Waals surface area contributed by atoms with Crippen molar-refractivity contribution in [2.24, 2.45) is 0 Å². The van der Waals surface area contributed by atoms with Gasteiger partial charge in [0.1, 0.15) is 12.3 Å². The summed E-state index contributed by atoms with van der Waals surface area (Å²) in [4.78, 5) is 21.6. The normalized spacial score (nSPS) is 15.4. The molecular formula is C14H17NO4S2. The van der Waals surface area contributed by atoms with E-state index in [1.807, 2.05) is 47.8 Å². The zero-order valence-electron chi connectivity index (χ0n) is 11.4. The molecule has 1 aromatic rings. The van der Waals surface area contributed by atoms with Gasteiger partial charge in [-0.3, -0.25) is 9.59 Å². The third-order valence-electron chi connectivity index (χ3n) is 2.79. The Bertz CT molecular complexity index is 486. The Labute approximate surface area is 131 Å². The van der Waals surface area contributed by atoms with Gasteiger partial charge < -0.3 is 15.2 Å². The van der Waals surface area contributed by atoms with E-state index in [2.05, 4.69) is 5.32 Å². The van der Waals surface area contributed by atoms with E-state index >= 15 is 0 Å². The van der Waals surface area contributed by atoms with Crippen LogP contribution in [-0.4, -0.2) is 41.6 Å². The SMILES string of the molecule is O=C(O)CNC(=O)COc1ccc(C2SCCCS2)cc1. The predicted octanol–water partition coefficient (Wildman–Crippen LogP) is 2.13. The maximum absolute atomic E-state index is 11.3. The number of hydrogen-bond acceptors (Lipinski definition) is 5. The number of hydrogen-bond donors (Lipinski definition) is 2. The highest BCUT2D eigenvalue weighted by Gasteiger charge is 2.16. The molecule has 0 aromatic heterocycles. The first-order chi connectivity index (χ1) is 10.1. The highest BCUT2D eigenvalue weighted by molar-refractivity contribution is 8.16. The van der Waals surface area contributed by atoms with Gasteiger partial charge in [-0.1, -0.05) is 12.1 Å². The van der Waals surface area contributed by atoms with Gasteiger partial charge in [0, 0.05) is 0 Å². The molecule has 1 amide bonds. The summed E-state index contributed by atoms with van der Waals surface area (Å²) in [5, 5.41) is 10.7. The molecule has 1 aliphatic rings. The number of rotatable bonds is 6. The maximum Gasteiger partial charge on any atom is 0.322 e. The van der Waals surface area contributed by atoms with Crippen LogP contribution in [0.5, 0.6) is 5.75 Å². The van der Waals surface area contributed by atoms with Gasteiger partial charge >= 0.3 is 5.97 Å². The average Bonchev–Trinajstić information content (AvgIpc) is 2.52. The van der Waals surface area contributed by atoms with E-state index in [-0.39, 0.29) is 6.61 Å². The summed E-state index contributed by atoms with van der Waals surface area (Å²) in [6.45, 7) is -0.573. The van der Waals surface area contributed by atoms with E-state index in [0.717, 1.165) is 0 Å². The summed E-state index contributed by atoms with van der Waals surface area (Å²) >= 11 is 3.90. The molecule has 7 heteroatoms. The number of carboxylic acid groups (broad SMARTS) is 1. The lowest BCUT2D eigenvalue weighted by Crippen LogP contribution is -2.33. The molecule has 1 aliphatic heterocycles. The van der Waals surface area contributed by atoms with E-state index in [9.17, 15) is 9.59 Å². The lowest BCUT2D eigenvalue weighted by molar-refractivity contribution is -0.138. The van der Waals surface area contributed by atoms with Crippen molar-refractivity contribution in [1.82, 2.24) is 5.32 Å². The summed E-state index contributed by atoms with van der Waals surface area (Å²) in [7, 11) is 0. The Morgan fingerprint density at radius 1 is 1.24 bits per heavy atom. The number of amides is 1. The molecule has 1 aromatic carbocycles. The maximum atomic E-state index is 11.3. The molecule has 114 valence electrons. The Hall–Kier alpha value is -1.34. The van der Waals surface area contributed by atoms with Crippen LogP contribution >= 0.6 is 23.5 Å². The second-order valence-corrected chi connectivity index (χ2v) is 7.18. The molecule has 0 unspecified atom stereocenters. The lowest BCUT2D eigenvalue weighted by atomic mass is 10.2. The minimum Gasteiger partial charge on any atom is -0.484 e. The predicted molar refractivity (Wildman–Crippen MR) is 84.9 cm³/mol. The van der Waals surface area contributed by atoms with Crippen molar-refractivity contribution >= 4 is 35.4 Å². The number of carboxylic acids is 1. The first kappa shape index (κ1) is 16.0. The topological polar surface area (TPSA) is 75.6 Å². The highest BCUT2D eigenvalue weighted by Crippen LogP contribution is 2.43. The first-order valence-electron chi connectivity index (χ1n) is 6.59. The van der Waals surface area contributed by atoms with Gasteiger partial charge in [0.15, 0.2) is 6.61 Å². The third-order valence-corrected chi connectivity index (χ3v) is 5.80. The number of thioether (sulfide) groups is 2. The number of ether oxygens (including phenoxy) is 1. The van der Waals surface area contributed by atoms with Gasteiger partial charge in [-0.25, -0.2) is 0 Å².